The molecule has 0 aromatic heterocycles. The van der Waals surface area contributed by atoms with Gasteiger partial charge in [-0.3, -0.25) is 0 Å². The quantitative estimate of drug-likeness (QED) is 0.100. The van der Waals surface area contributed by atoms with Crippen molar-refractivity contribution in [1.82, 2.24) is 0 Å². The van der Waals surface area contributed by atoms with Gasteiger partial charge in [0.1, 0.15) is 0 Å². The van der Waals surface area contributed by atoms with E-state index in [4.69, 9.17) is 4.74 Å². The van der Waals surface area contributed by atoms with Gasteiger partial charge in [0, 0.05) is 13.2 Å². The zero-order valence-corrected chi connectivity index (χ0v) is 34.6. The van der Waals surface area contributed by atoms with E-state index in [2.05, 4.69) is 10.3 Å². The SMILES string of the molecule is C1CCOC1.Cl.NS(=O)(=O)C(F)(F)C(F)(F)C(F)(F)C(F)(F)C(F)(F)C(F)(F)C(F)(F)C(F)(F)S(N)(=O)=O.O=S(=O)(F)C(F)(F)C(F)(F)C(F)(F)C(F)(F)C(F)(F)C(F)(F)C(F)(F)C(F)(F)S(=O)(=O)F. The molecular formula is C20H13ClF34N2O9S4. The standard InChI is InChI=1S/C8F18O4S2.C8H4F16N2O4S2.C4H8O.ClH/c2*9-1(10,3(13,14)5(17,18)7(21,22)31(25,27)28)2(11,12)4(15,16)6(19,20)8(23,24)32(26,29)30;1-2-4-5-3-1;/h;(H2,25,27,28)(H2,26,29,30);1-4H2;1H. The zero-order valence-electron chi connectivity index (χ0n) is 30.5. The average molecular weight is 1230 g/mol. The van der Waals surface area contributed by atoms with Gasteiger partial charge in [-0.25, -0.2) is 27.1 Å². The highest BCUT2D eigenvalue weighted by molar-refractivity contribution is 7.90. The summed E-state index contributed by atoms with van der Waals surface area (Å²) in [6, 6.07) is 0. The summed E-state index contributed by atoms with van der Waals surface area (Å²) >= 11 is 0. The molecule has 0 unspecified atom stereocenters. The molecular weight excluding hydrogens is 1220 g/mol. The Morgan fingerprint density at radius 3 is 0.500 bits per heavy atom. The van der Waals surface area contributed by atoms with Crippen LogP contribution in [0.25, 0.3) is 0 Å². The van der Waals surface area contributed by atoms with Gasteiger partial charge in [-0.05, 0) is 12.8 Å². The Morgan fingerprint density at radius 2 is 0.400 bits per heavy atom. The van der Waals surface area contributed by atoms with E-state index in [1.165, 1.54) is 12.8 Å². The molecule has 0 spiro atoms. The molecule has 0 radical (unpaired) electrons. The molecule has 0 aromatic rings. The number of halogens is 35. The molecule has 11 nitrogen and oxygen atoms in total. The van der Waals surface area contributed by atoms with Crippen molar-refractivity contribution in [3.8, 4) is 0 Å². The maximum atomic E-state index is 13.3. The molecule has 4 N–H and O–H groups in total. The van der Waals surface area contributed by atoms with Crippen LogP contribution in [0.1, 0.15) is 12.8 Å². The van der Waals surface area contributed by atoms with Crippen molar-refractivity contribution in [2.75, 3.05) is 13.2 Å². The molecule has 1 aliphatic rings. The van der Waals surface area contributed by atoms with Crippen molar-refractivity contribution in [3.63, 3.8) is 0 Å². The summed E-state index contributed by atoms with van der Waals surface area (Å²) in [7, 11) is -31.9. The second-order valence-electron chi connectivity index (χ2n) is 12.2. The molecule has 0 atom stereocenters. The Bertz CT molecular complexity index is 2000. The fourth-order valence-corrected chi connectivity index (χ4v) is 5.32. The van der Waals surface area contributed by atoms with Gasteiger partial charge in [-0.1, -0.05) is 7.77 Å². The highest BCUT2D eigenvalue weighted by Gasteiger charge is 2.98. The van der Waals surface area contributed by atoms with E-state index in [0.717, 1.165) is 13.2 Å². The summed E-state index contributed by atoms with van der Waals surface area (Å²) in [5, 5.41) is -25.0. The second-order valence-corrected chi connectivity index (χ2v) is 18.2. The van der Waals surface area contributed by atoms with Crippen LogP contribution in [-0.4, -0.2) is 139 Å². The highest BCUT2D eigenvalue weighted by Crippen LogP contribution is 2.67. The topological polar surface area (TPSA) is 198 Å². The van der Waals surface area contributed by atoms with Crippen LogP contribution in [0.2, 0.25) is 0 Å². The number of nitrogens with two attached hydrogens (primary N) is 2. The fraction of sp³-hybridized carbons (Fsp3) is 1.00. The number of hydrogen-bond acceptors (Lipinski definition) is 9. The maximum absolute atomic E-state index is 13.3. The molecule has 0 saturated carbocycles. The first-order valence-corrected chi connectivity index (χ1v) is 20.4. The van der Waals surface area contributed by atoms with Gasteiger partial charge in [0.05, 0.1) is 0 Å². The van der Waals surface area contributed by atoms with Crippen LogP contribution in [0.3, 0.4) is 0 Å². The number of hydrogen-bond donors (Lipinski definition) is 2. The first kappa shape index (κ1) is 71.8. The third kappa shape index (κ3) is 10.1. The average Bonchev–Trinajstić information content (AvgIpc) is 3.69. The Hall–Kier alpha value is -2.41. The van der Waals surface area contributed by atoms with Crippen molar-refractivity contribution in [2.45, 2.75) is 105 Å². The van der Waals surface area contributed by atoms with Crippen LogP contribution < -0.4 is 10.3 Å². The van der Waals surface area contributed by atoms with Crippen LogP contribution in [0.15, 0.2) is 0 Å². The van der Waals surface area contributed by atoms with Gasteiger partial charge in [0.25, 0.3) is 20.0 Å². The van der Waals surface area contributed by atoms with E-state index in [-0.39, 0.29) is 12.4 Å². The first-order chi connectivity index (χ1) is 29.0. The minimum Gasteiger partial charge on any atom is -0.381 e. The third-order valence-corrected chi connectivity index (χ3v) is 11.2. The van der Waals surface area contributed by atoms with E-state index < -0.39 is 133 Å². The molecule has 50 heteroatoms. The van der Waals surface area contributed by atoms with E-state index >= 15 is 0 Å². The summed E-state index contributed by atoms with van der Waals surface area (Å²) < 4.78 is 527. The molecule has 0 amide bonds. The van der Waals surface area contributed by atoms with Crippen molar-refractivity contribution in [1.29, 1.82) is 0 Å². The number of ether oxygens (including phenoxy) is 1. The number of primary sulfonamides is 2. The molecule has 0 bridgehead atoms. The molecule has 70 heavy (non-hydrogen) atoms. The summed E-state index contributed by atoms with van der Waals surface area (Å²) in [6.45, 7) is 2.00. The molecule has 0 aliphatic carbocycles. The lowest BCUT2D eigenvalue weighted by Crippen LogP contribution is -2.76. The predicted octanol–water partition coefficient (Wildman–Crippen LogP) is 8.36. The van der Waals surface area contributed by atoms with Gasteiger partial charge in [-0.15, -0.1) is 12.4 Å². The van der Waals surface area contributed by atoms with E-state index in [0.29, 0.717) is 0 Å². The highest BCUT2D eigenvalue weighted by atomic mass is 35.5. The summed E-state index contributed by atoms with van der Waals surface area (Å²) in [5.74, 6) is -106. The van der Waals surface area contributed by atoms with Crippen molar-refractivity contribution < 1.29 is 187 Å². The summed E-state index contributed by atoms with van der Waals surface area (Å²) in [4.78, 5) is 0. The van der Waals surface area contributed by atoms with Gasteiger partial charge >= 0.3 is 113 Å². The van der Waals surface area contributed by atoms with Gasteiger partial charge in [0.15, 0.2) is 0 Å². The Morgan fingerprint density at radius 1 is 0.271 bits per heavy atom. The fourth-order valence-electron chi connectivity index (χ4n) is 3.48. The van der Waals surface area contributed by atoms with E-state index in [9.17, 15) is 182 Å². The molecule has 0 aromatic carbocycles. The maximum Gasteiger partial charge on any atom is 0.442 e. The van der Waals surface area contributed by atoms with Gasteiger partial charge < -0.3 is 4.74 Å². The van der Waals surface area contributed by atoms with Crippen molar-refractivity contribution in [3.05, 3.63) is 0 Å². The number of sulfonamides is 2. The number of rotatable bonds is 18. The lowest BCUT2D eigenvalue weighted by molar-refractivity contribution is -0.444. The van der Waals surface area contributed by atoms with Crippen molar-refractivity contribution in [2.24, 2.45) is 10.3 Å². The number of alkyl halides is 32. The lowest BCUT2D eigenvalue weighted by Gasteiger charge is -2.42. The first-order valence-electron chi connectivity index (χ1n) is 14.6. The third-order valence-electron chi connectivity index (χ3n) is 7.56. The molecule has 1 rings (SSSR count). The van der Waals surface area contributed by atoms with E-state index in [1.807, 2.05) is 0 Å². The monoisotopic (exact) mass is 1230 g/mol. The zero-order chi connectivity index (χ0) is 57.5. The van der Waals surface area contributed by atoms with Crippen LogP contribution >= 0.6 is 12.4 Å². The van der Waals surface area contributed by atoms with Crippen molar-refractivity contribution >= 4 is 52.9 Å². The predicted molar refractivity (Wildman–Crippen MR) is 153 cm³/mol. The Balaban J connectivity index is -0.00000114. The minimum absolute atomic E-state index is 0. The molecule has 1 aliphatic heterocycles. The van der Waals surface area contributed by atoms with Crippen LogP contribution in [-0.2, 0) is 45.2 Å². The molecule has 1 saturated heterocycles. The normalized spacial score (nSPS) is 17.2. The van der Waals surface area contributed by atoms with Crippen LogP contribution in [0, 0.1) is 0 Å². The largest absolute Gasteiger partial charge is 0.442 e. The van der Waals surface area contributed by atoms with Crippen LogP contribution in [0.5, 0.6) is 0 Å². The van der Waals surface area contributed by atoms with Gasteiger partial charge in [-0.2, -0.15) is 157 Å². The lowest BCUT2D eigenvalue weighted by atomic mass is 9.91. The molecule has 1 fully saturated rings. The summed E-state index contributed by atoms with van der Waals surface area (Å²) in [6.07, 6.45) is 2.56. The van der Waals surface area contributed by atoms with Gasteiger partial charge in [0.2, 0.25) is 0 Å². The van der Waals surface area contributed by atoms with Crippen LogP contribution in [0.4, 0.5) is 148 Å². The Labute approximate surface area is 368 Å². The summed E-state index contributed by atoms with van der Waals surface area (Å²) in [5.41, 5.74) is 0. The molecule has 426 valence electrons. The second kappa shape index (κ2) is 19.1. The smallest absolute Gasteiger partial charge is 0.381 e. The Kier molecular flexibility index (Phi) is 19.6. The minimum atomic E-state index is -9.12. The molecule has 1 heterocycles. The van der Waals surface area contributed by atoms with E-state index in [1.54, 1.807) is 0 Å².